The highest BCUT2D eigenvalue weighted by atomic mass is 35.5. The minimum atomic E-state index is -0.120. The zero-order valence-corrected chi connectivity index (χ0v) is 15.2. The molecule has 0 aliphatic heterocycles. The Morgan fingerprint density at radius 1 is 0.800 bits per heavy atom. The van der Waals surface area contributed by atoms with Crippen LogP contribution in [0.25, 0.3) is 0 Å². The molecule has 2 nitrogen and oxygen atoms in total. The Labute approximate surface area is 157 Å². The quantitative estimate of drug-likeness (QED) is 0.576. The highest BCUT2D eigenvalue weighted by molar-refractivity contribution is 7.97. The fraction of sp³-hybridized carbons (Fsp3) is 0.0952. The maximum atomic E-state index is 12.3. The fourth-order valence-corrected chi connectivity index (χ4v) is 3.43. The summed E-state index contributed by atoms with van der Waals surface area (Å²) in [5.74, 6) is 1.79. The van der Waals surface area contributed by atoms with Crippen LogP contribution in [0.3, 0.4) is 0 Å². The van der Waals surface area contributed by atoms with Crippen LogP contribution in [-0.4, -0.2) is 5.91 Å². The summed E-state index contributed by atoms with van der Waals surface area (Å²) in [4.78, 5) is 12.3. The van der Waals surface area contributed by atoms with Crippen molar-refractivity contribution < 1.29 is 4.79 Å². The Hall–Kier alpha value is -2.23. The standard InChI is InChI=1S/C21H18ClNOS/c22-19-10-12-20(13-11-19)23-21(24)18-8-6-17(7-9-18)15-25-14-16-4-2-1-3-5-16/h1-13H,14-15H2,(H,23,24). The second-order valence-corrected chi connectivity index (χ2v) is 7.06. The first-order valence-corrected chi connectivity index (χ1v) is 9.51. The molecule has 0 spiro atoms. The lowest BCUT2D eigenvalue weighted by Gasteiger charge is -2.07. The number of carbonyl (C=O) groups is 1. The van der Waals surface area contributed by atoms with Gasteiger partial charge in [0.25, 0.3) is 5.91 Å². The van der Waals surface area contributed by atoms with Crippen LogP contribution in [0.4, 0.5) is 5.69 Å². The van der Waals surface area contributed by atoms with E-state index in [1.165, 1.54) is 11.1 Å². The largest absolute Gasteiger partial charge is 0.322 e. The van der Waals surface area contributed by atoms with Crippen molar-refractivity contribution in [3.05, 3.63) is 101 Å². The molecule has 0 bridgehead atoms. The van der Waals surface area contributed by atoms with Crippen LogP contribution >= 0.6 is 23.4 Å². The van der Waals surface area contributed by atoms with Gasteiger partial charge in [-0.2, -0.15) is 11.8 Å². The maximum absolute atomic E-state index is 12.3. The lowest BCUT2D eigenvalue weighted by molar-refractivity contribution is 0.102. The molecule has 3 rings (SSSR count). The van der Waals surface area contributed by atoms with E-state index in [9.17, 15) is 4.79 Å². The first-order valence-electron chi connectivity index (χ1n) is 7.98. The summed E-state index contributed by atoms with van der Waals surface area (Å²) in [5, 5.41) is 3.52. The SMILES string of the molecule is O=C(Nc1ccc(Cl)cc1)c1ccc(CSCc2ccccc2)cc1. The lowest BCUT2D eigenvalue weighted by Crippen LogP contribution is -2.11. The zero-order valence-electron chi connectivity index (χ0n) is 13.6. The molecule has 0 aliphatic rings. The number of halogens is 1. The molecule has 1 amide bonds. The van der Waals surface area contributed by atoms with Crippen LogP contribution in [0, 0.1) is 0 Å². The Balaban J connectivity index is 1.52. The summed E-state index contributed by atoms with van der Waals surface area (Å²) in [6.07, 6.45) is 0. The van der Waals surface area contributed by atoms with Crippen LogP contribution in [-0.2, 0) is 11.5 Å². The maximum Gasteiger partial charge on any atom is 0.255 e. The molecule has 25 heavy (non-hydrogen) atoms. The van der Waals surface area contributed by atoms with Crippen molar-refractivity contribution in [1.29, 1.82) is 0 Å². The topological polar surface area (TPSA) is 29.1 Å². The molecular formula is C21H18ClNOS. The number of thioether (sulfide) groups is 1. The van der Waals surface area contributed by atoms with Crippen molar-refractivity contribution in [2.24, 2.45) is 0 Å². The van der Waals surface area contributed by atoms with E-state index in [0.717, 1.165) is 17.2 Å². The summed E-state index contributed by atoms with van der Waals surface area (Å²) in [7, 11) is 0. The van der Waals surface area contributed by atoms with Crippen molar-refractivity contribution in [3.8, 4) is 0 Å². The Bertz CT molecular complexity index is 817. The Morgan fingerprint density at radius 2 is 1.40 bits per heavy atom. The molecule has 3 aromatic rings. The zero-order chi connectivity index (χ0) is 17.5. The molecule has 1 N–H and O–H groups in total. The van der Waals surface area contributed by atoms with Crippen LogP contribution in [0.2, 0.25) is 5.02 Å². The van der Waals surface area contributed by atoms with E-state index < -0.39 is 0 Å². The van der Waals surface area contributed by atoms with Gasteiger partial charge in [-0.3, -0.25) is 4.79 Å². The first-order chi connectivity index (χ1) is 12.2. The highest BCUT2D eigenvalue weighted by Gasteiger charge is 2.06. The molecule has 0 fully saturated rings. The molecule has 4 heteroatoms. The van der Waals surface area contributed by atoms with Gasteiger partial charge in [-0.25, -0.2) is 0 Å². The molecule has 0 radical (unpaired) electrons. The van der Waals surface area contributed by atoms with Gasteiger partial charge in [0, 0.05) is 27.8 Å². The second-order valence-electron chi connectivity index (χ2n) is 5.64. The van der Waals surface area contributed by atoms with E-state index in [4.69, 9.17) is 11.6 Å². The second kappa shape index (κ2) is 8.75. The van der Waals surface area contributed by atoms with Gasteiger partial charge in [0.05, 0.1) is 0 Å². The number of amides is 1. The highest BCUT2D eigenvalue weighted by Crippen LogP contribution is 2.19. The predicted octanol–water partition coefficient (Wildman–Crippen LogP) is 6.03. The number of benzene rings is 3. The van der Waals surface area contributed by atoms with Crippen molar-refractivity contribution in [1.82, 2.24) is 0 Å². The molecule has 0 atom stereocenters. The number of anilines is 1. The third-order valence-electron chi connectivity index (χ3n) is 3.70. The summed E-state index contributed by atoms with van der Waals surface area (Å²) >= 11 is 7.71. The van der Waals surface area contributed by atoms with E-state index >= 15 is 0 Å². The van der Waals surface area contributed by atoms with Crippen molar-refractivity contribution in [3.63, 3.8) is 0 Å². The molecule has 126 valence electrons. The molecule has 3 aromatic carbocycles. The fourth-order valence-electron chi connectivity index (χ4n) is 2.35. The van der Waals surface area contributed by atoms with E-state index in [1.807, 2.05) is 42.1 Å². The summed E-state index contributed by atoms with van der Waals surface area (Å²) in [6, 6.07) is 25.2. The van der Waals surface area contributed by atoms with Gasteiger partial charge in [0.2, 0.25) is 0 Å². The van der Waals surface area contributed by atoms with E-state index in [1.54, 1.807) is 24.3 Å². The van der Waals surface area contributed by atoms with Gasteiger partial charge in [0.1, 0.15) is 0 Å². The van der Waals surface area contributed by atoms with Crippen LogP contribution < -0.4 is 5.32 Å². The Morgan fingerprint density at radius 3 is 2.04 bits per heavy atom. The number of nitrogens with one attached hydrogen (secondary N) is 1. The average Bonchev–Trinajstić information content (AvgIpc) is 2.65. The van der Waals surface area contributed by atoms with Gasteiger partial charge in [-0.1, -0.05) is 54.1 Å². The van der Waals surface area contributed by atoms with E-state index in [0.29, 0.717) is 10.6 Å². The van der Waals surface area contributed by atoms with Gasteiger partial charge < -0.3 is 5.32 Å². The van der Waals surface area contributed by atoms with Gasteiger partial charge >= 0.3 is 0 Å². The van der Waals surface area contributed by atoms with E-state index in [2.05, 4.69) is 29.6 Å². The molecular weight excluding hydrogens is 350 g/mol. The smallest absolute Gasteiger partial charge is 0.255 e. The minimum absolute atomic E-state index is 0.120. The number of rotatable bonds is 6. The predicted molar refractivity (Wildman–Crippen MR) is 107 cm³/mol. The number of hydrogen-bond donors (Lipinski definition) is 1. The van der Waals surface area contributed by atoms with Crippen LogP contribution in [0.5, 0.6) is 0 Å². The van der Waals surface area contributed by atoms with Crippen LogP contribution in [0.15, 0.2) is 78.9 Å². The van der Waals surface area contributed by atoms with E-state index in [-0.39, 0.29) is 5.91 Å². The average molecular weight is 368 g/mol. The summed E-state index contributed by atoms with van der Waals surface area (Å²) < 4.78 is 0. The molecule has 0 unspecified atom stereocenters. The molecule has 0 aliphatic carbocycles. The van der Waals surface area contributed by atoms with Crippen molar-refractivity contribution in [2.75, 3.05) is 5.32 Å². The lowest BCUT2D eigenvalue weighted by atomic mass is 10.1. The van der Waals surface area contributed by atoms with Gasteiger partial charge in [-0.15, -0.1) is 0 Å². The normalized spacial score (nSPS) is 10.4. The monoisotopic (exact) mass is 367 g/mol. The molecule has 0 heterocycles. The summed E-state index contributed by atoms with van der Waals surface area (Å²) in [5.41, 5.74) is 3.92. The number of carbonyl (C=O) groups excluding carboxylic acids is 1. The first kappa shape index (κ1) is 17.6. The third kappa shape index (κ3) is 5.38. The molecule has 0 aromatic heterocycles. The van der Waals surface area contributed by atoms with Gasteiger partial charge in [-0.05, 0) is 47.5 Å². The Kier molecular flexibility index (Phi) is 6.15. The third-order valence-corrected chi connectivity index (χ3v) is 5.03. The minimum Gasteiger partial charge on any atom is -0.322 e. The molecule has 0 saturated carbocycles. The number of hydrogen-bond acceptors (Lipinski definition) is 2. The summed E-state index contributed by atoms with van der Waals surface area (Å²) in [6.45, 7) is 0. The molecule has 0 saturated heterocycles. The van der Waals surface area contributed by atoms with Crippen molar-refractivity contribution >= 4 is 35.0 Å². The van der Waals surface area contributed by atoms with Gasteiger partial charge in [0.15, 0.2) is 0 Å². The van der Waals surface area contributed by atoms with Crippen LogP contribution in [0.1, 0.15) is 21.5 Å². The van der Waals surface area contributed by atoms with Crippen molar-refractivity contribution in [2.45, 2.75) is 11.5 Å².